The minimum absolute atomic E-state index is 0.00560. The van der Waals surface area contributed by atoms with Crippen molar-refractivity contribution < 1.29 is 57.3 Å². The molecule has 2 heterocycles. The number of phosphoric ester groups is 1. The number of aromatic nitrogens is 1. The number of phosphoric acid groups is 1. The first-order chi connectivity index (χ1) is 18.4. The summed E-state index contributed by atoms with van der Waals surface area (Å²) in [6.07, 6.45) is -6.46. The number of hydrogen-bond acceptors (Lipinski definition) is 11. The average molecular weight is 567 g/mol. The van der Waals surface area contributed by atoms with Crippen molar-refractivity contribution >= 4 is 25.7 Å². The van der Waals surface area contributed by atoms with Crippen LogP contribution in [0.3, 0.4) is 0 Å². The Labute approximate surface area is 224 Å². The first kappa shape index (κ1) is 30.4. The number of pyridine rings is 1. The molecule has 14 heteroatoms. The summed E-state index contributed by atoms with van der Waals surface area (Å²) in [5.41, 5.74) is 0.556. The Morgan fingerprint density at radius 2 is 1.74 bits per heavy atom. The first-order valence-corrected chi connectivity index (χ1v) is 13.5. The summed E-state index contributed by atoms with van der Waals surface area (Å²) >= 11 is 0. The Bertz CT molecular complexity index is 1160. The van der Waals surface area contributed by atoms with E-state index in [2.05, 4.69) is 4.98 Å². The van der Waals surface area contributed by atoms with E-state index in [0.29, 0.717) is 5.56 Å². The van der Waals surface area contributed by atoms with Gasteiger partial charge in [-0.25, -0.2) is 9.36 Å². The van der Waals surface area contributed by atoms with E-state index in [9.17, 15) is 33.8 Å². The smallest absolute Gasteiger partial charge is 0.463 e. The molecule has 0 bridgehead atoms. The molecular formula is C25H30NO12P. The number of hydrogen-bond donors (Lipinski definition) is 3. The predicted octanol–water partition coefficient (Wildman–Crippen LogP) is 1.55. The molecule has 0 spiro atoms. The van der Waals surface area contributed by atoms with Crippen LogP contribution >= 0.6 is 7.82 Å². The molecule has 5 unspecified atom stereocenters. The van der Waals surface area contributed by atoms with Crippen molar-refractivity contribution in [3.63, 3.8) is 0 Å². The standard InChI is InChI=1S/C25H30NO12P/c1-15(2)11-19(27)34-14-18-21(29)22(38-39(31,32)33)23(36-20(28)12-16-7-4-3-5-8-16)25(35-18)37-24(30)17-9-6-10-26-13-17/h3-10,13,15,18,21-23,25,29H,11-12,14H2,1-2H3,(H2,31,32,33). The van der Waals surface area contributed by atoms with Crippen molar-refractivity contribution in [1.82, 2.24) is 4.98 Å². The Morgan fingerprint density at radius 3 is 2.36 bits per heavy atom. The van der Waals surface area contributed by atoms with Gasteiger partial charge < -0.3 is 33.8 Å². The zero-order chi connectivity index (χ0) is 28.6. The van der Waals surface area contributed by atoms with Gasteiger partial charge in [0, 0.05) is 18.8 Å². The number of rotatable bonds is 11. The lowest BCUT2D eigenvalue weighted by Crippen LogP contribution is -2.61. The summed E-state index contributed by atoms with van der Waals surface area (Å²) in [4.78, 5) is 60.5. The molecule has 5 atom stereocenters. The van der Waals surface area contributed by atoms with Gasteiger partial charge in [-0.2, -0.15) is 0 Å². The molecule has 1 aliphatic rings. The third-order valence-electron chi connectivity index (χ3n) is 5.44. The van der Waals surface area contributed by atoms with Gasteiger partial charge in [-0.3, -0.25) is 19.1 Å². The number of benzene rings is 1. The Morgan fingerprint density at radius 1 is 1.03 bits per heavy atom. The lowest BCUT2D eigenvalue weighted by Gasteiger charge is -2.42. The van der Waals surface area contributed by atoms with Crippen LogP contribution in [-0.4, -0.2) is 75.1 Å². The van der Waals surface area contributed by atoms with Crippen LogP contribution in [0.25, 0.3) is 0 Å². The number of aliphatic hydroxyl groups is 1. The van der Waals surface area contributed by atoms with Crippen molar-refractivity contribution in [2.75, 3.05) is 6.61 Å². The second kappa shape index (κ2) is 13.7. The topological polar surface area (TPSA) is 188 Å². The van der Waals surface area contributed by atoms with Crippen molar-refractivity contribution in [3.8, 4) is 0 Å². The molecule has 0 radical (unpaired) electrons. The minimum atomic E-state index is -5.29. The lowest BCUT2D eigenvalue weighted by molar-refractivity contribution is -0.287. The maximum Gasteiger partial charge on any atom is 0.470 e. The molecule has 1 aromatic heterocycles. The summed E-state index contributed by atoms with van der Waals surface area (Å²) in [5.74, 6) is -2.50. The molecule has 0 aliphatic carbocycles. The summed E-state index contributed by atoms with van der Waals surface area (Å²) in [6.45, 7) is 3.01. The molecule has 3 rings (SSSR count). The lowest BCUT2D eigenvalue weighted by atomic mass is 9.99. The monoisotopic (exact) mass is 567 g/mol. The van der Waals surface area contributed by atoms with Crippen LogP contribution < -0.4 is 0 Å². The van der Waals surface area contributed by atoms with E-state index in [-0.39, 0.29) is 24.3 Å². The van der Waals surface area contributed by atoms with Crippen molar-refractivity contribution in [1.29, 1.82) is 0 Å². The summed E-state index contributed by atoms with van der Waals surface area (Å²) in [7, 11) is -5.29. The highest BCUT2D eigenvalue weighted by molar-refractivity contribution is 7.46. The highest BCUT2D eigenvalue weighted by Crippen LogP contribution is 2.42. The third kappa shape index (κ3) is 9.50. The van der Waals surface area contributed by atoms with Gasteiger partial charge in [0.1, 0.15) is 24.9 Å². The van der Waals surface area contributed by atoms with Crippen molar-refractivity contribution in [2.45, 2.75) is 57.4 Å². The van der Waals surface area contributed by atoms with E-state index in [1.54, 1.807) is 44.2 Å². The van der Waals surface area contributed by atoms with E-state index in [4.69, 9.17) is 23.5 Å². The highest BCUT2D eigenvalue weighted by atomic mass is 31.2. The van der Waals surface area contributed by atoms with Gasteiger partial charge in [0.05, 0.1) is 12.0 Å². The van der Waals surface area contributed by atoms with Crippen molar-refractivity contribution in [2.24, 2.45) is 5.92 Å². The normalized spacial score (nSPS) is 23.2. The van der Waals surface area contributed by atoms with E-state index in [1.807, 2.05) is 0 Å². The Kier molecular flexibility index (Phi) is 10.7. The molecule has 39 heavy (non-hydrogen) atoms. The van der Waals surface area contributed by atoms with Crippen molar-refractivity contribution in [3.05, 3.63) is 66.0 Å². The van der Waals surface area contributed by atoms with Crippen LogP contribution in [-0.2, 0) is 44.0 Å². The van der Waals surface area contributed by atoms with E-state index < -0.39 is 63.0 Å². The van der Waals surface area contributed by atoms with Gasteiger partial charge in [0.25, 0.3) is 0 Å². The highest BCUT2D eigenvalue weighted by Gasteiger charge is 2.52. The number of aliphatic hydroxyl groups excluding tert-OH is 1. The van der Waals surface area contributed by atoms with E-state index in [1.165, 1.54) is 24.5 Å². The molecule has 0 saturated carbocycles. The predicted molar refractivity (Wildman–Crippen MR) is 132 cm³/mol. The number of esters is 3. The third-order valence-corrected chi connectivity index (χ3v) is 5.96. The van der Waals surface area contributed by atoms with E-state index >= 15 is 0 Å². The van der Waals surface area contributed by atoms with E-state index in [0.717, 1.165) is 0 Å². The van der Waals surface area contributed by atoms with Gasteiger partial charge >= 0.3 is 25.7 Å². The SMILES string of the molecule is CC(C)CC(=O)OCC1OC(OC(=O)c2cccnc2)C(OC(=O)Cc2ccccc2)C(OP(=O)(O)O)C1O. The summed E-state index contributed by atoms with van der Waals surface area (Å²) < 4.78 is 38.2. The summed E-state index contributed by atoms with van der Waals surface area (Å²) in [6, 6.07) is 11.3. The molecule has 212 valence electrons. The fourth-order valence-electron chi connectivity index (χ4n) is 3.71. The summed E-state index contributed by atoms with van der Waals surface area (Å²) in [5, 5.41) is 10.9. The van der Waals surface area contributed by atoms with Crippen LogP contribution in [0.2, 0.25) is 0 Å². The molecule has 2 aromatic rings. The van der Waals surface area contributed by atoms with Crippen LogP contribution in [0, 0.1) is 5.92 Å². The van der Waals surface area contributed by atoms with Gasteiger partial charge in [0.2, 0.25) is 6.29 Å². The largest absolute Gasteiger partial charge is 0.470 e. The molecule has 1 aliphatic heterocycles. The maximum absolute atomic E-state index is 12.8. The van der Waals surface area contributed by atoms with Crippen LogP contribution in [0.15, 0.2) is 54.9 Å². The van der Waals surface area contributed by atoms with Crippen LogP contribution in [0.4, 0.5) is 0 Å². The Hall–Kier alpha value is -3.19. The maximum atomic E-state index is 12.8. The number of carbonyl (C=O) groups excluding carboxylic acids is 3. The fourth-order valence-corrected chi connectivity index (χ4v) is 4.27. The molecule has 1 aromatic carbocycles. The number of carbonyl (C=O) groups is 3. The first-order valence-electron chi connectivity index (χ1n) is 12.0. The molecule has 1 saturated heterocycles. The Balaban J connectivity index is 1.88. The zero-order valence-corrected chi connectivity index (χ0v) is 22.1. The quantitative estimate of drug-likeness (QED) is 0.202. The van der Waals surface area contributed by atoms with Gasteiger partial charge in [-0.1, -0.05) is 44.2 Å². The molecular weight excluding hydrogens is 537 g/mol. The van der Waals surface area contributed by atoms with Crippen LogP contribution in [0.1, 0.15) is 36.2 Å². The van der Waals surface area contributed by atoms with Gasteiger partial charge in [0.15, 0.2) is 6.10 Å². The average Bonchev–Trinajstić information content (AvgIpc) is 2.87. The molecule has 1 fully saturated rings. The number of nitrogens with zero attached hydrogens (tertiary/aromatic N) is 1. The number of ether oxygens (including phenoxy) is 4. The molecule has 0 amide bonds. The zero-order valence-electron chi connectivity index (χ0n) is 21.2. The molecule has 3 N–H and O–H groups in total. The second-order valence-corrected chi connectivity index (χ2v) is 10.3. The van der Waals surface area contributed by atoms with Gasteiger partial charge in [-0.05, 0) is 23.6 Å². The minimum Gasteiger partial charge on any atom is -0.463 e. The second-order valence-electron chi connectivity index (χ2n) is 9.14. The fraction of sp³-hybridized carbons (Fsp3) is 0.440. The molecule has 13 nitrogen and oxygen atoms in total. The van der Waals surface area contributed by atoms with Gasteiger partial charge in [-0.15, -0.1) is 0 Å². The van der Waals surface area contributed by atoms with Crippen LogP contribution in [0.5, 0.6) is 0 Å².